The van der Waals surface area contributed by atoms with Gasteiger partial charge in [-0.15, -0.1) is 0 Å². The summed E-state index contributed by atoms with van der Waals surface area (Å²) in [6.45, 7) is 0. The first-order valence-corrected chi connectivity index (χ1v) is 6.80. The number of carbonyl (C=O) groups is 1. The van der Waals surface area contributed by atoms with Crippen molar-refractivity contribution in [3.63, 3.8) is 0 Å². The Bertz CT molecular complexity index is 418. The SMILES string of the molecule is COc1cc(O)c(C(=O)CCCCBr)cc1OC. The summed E-state index contributed by atoms with van der Waals surface area (Å²) in [5.74, 6) is 0.692. The Morgan fingerprint density at radius 3 is 2.39 bits per heavy atom. The molecule has 0 atom stereocenters. The van der Waals surface area contributed by atoms with Gasteiger partial charge in [-0.3, -0.25) is 4.79 Å². The van der Waals surface area contributed by atoms with Gasteiger partial charge in [0.25, 0.3) is 0 Å². The van der Waals surface area contributed by atoms with Crippen molar-refractivity contribution in [2.24, 2.45) is 0 Å². The van der Waals surface area contributed by atoms with E-state index < -0.39 is 0 Å². The van der Waals surface area contributed by atoms with Crippen LogP contribution in [-0.2, 0) is 0 Å². The molecule has 0 heterocycles. The number of aromatic hydroxyl groups is 1. The van der Waals surface area contributed by atoms with Crippen LogP contribution >= 0.6 is 15.9 Å². The second-order valence-corrected chi connectivity index (χ2v) is 4.59. The number of hydrogen-bond acceptors (Lipinski definition) is 4. The van der Waals surface area contributed by atoms with E-state index in [0.717, 1.165) is 18.2 Å². The van der Waals surface area contributed by atoms with Gasteiger partial charge >= 0.3 is 0 Å². The molecular formula is C13H17BrO4. The first kappa shape index (κ1) is 14.8. The quantitative estimate of drug-likeness (QED) is 0.477. The highest BCUT2D eigenvalue weighted by Gasteiger charge is 2.16. The third kappa shape index (κ3) is 3.63. The van der Waals surface area contributed by atoms with Crippen LogP contribution in [0.15, 0.2) is 12.1 Å². The van der Waals surface area contributed by atoms with Gasteiger partial charge in [0.2, 0.25) is 0 Å². The van der Waals surface area contributed by atoms with Gasteiger partial charge in [0.05, 0.1) is 19.8 Å². The van der Waals surface area contributed by atoms with Gasteiger partial charge in [0.1, 0.15) is 5.75 Å². The molecule has 0 aromatic heterocycles. The van der Waals surface area contributed by atoms with Crippen molar-refractivity contribution in [1.29, 1.82) is 0 Å². The predicted molar refractivity (Wildman–Crippen MR) is 73.2 cm³/mol. The summed E-state index contributed by atoms with van der Waals surface area (Å²) >= 11 is 3.31. The summed E-state index contributed by atoms with van der Waals surface area (Å²) < 4.78 is 10.2. The third-order valence-corrected chi connectivity index (χ3v) is 3.15. The molecule has 1 aromatic carbocycles. The summed E-state index contributed by atoms with van der Waals surface area (Å²) in [4.78, 5) is 11.9. The molecule has 5 heteroatoms. The molecule has 0 amide bonds. The number of rotatable bonds is 7. The number of halogens is 1. The minimum Gasteiger partial charge on any atom is -0.507 e. The van der Waals surface area contributed by atoms with E-state index in [4.69, 9.17) is 9.47 Å². The predicted octanol–water partition coefficient (Wildman–Crippen LogP) is 3.16. The second kappa shape index (κ2) is 7.26. The number of Topliss-reactive ketones (excluding diaryl/α,β-unsaturated/α-hetero) is 1. The Balaban J connectivity index is 2.91. The number of ether oxygens (including phenoxy) is 2. The average molecular weight is 317 g/mol. The number of unbranched alkanes of at least 4 members (excludes halogenated alkanes) is 1. The molecule has 1 rings (SSSR count). The molecular weight excluding hydrogens is 300 g/mol. The van der Waals surface area contributed by atoms with Gasteiger partial charge < -0.3 is 14.6 Å². The fourth-order valence-corrected chi connectivity index (χ4v) is 2.00. The molecule has 18 heavy (non-hydrogen) atoms. The van der Waals surface area contributed by atoms with Crippen LogP contribution in [0.25, 0.3) is 0 Å². The van der Waals surface area contributed by atoms with E-state index in [9.17, 15) is 9.90 Å². The molecule has 1 N–H and O–H groups in total. The molecule has 0 bridgehead atoms. The second-order valence-electron chi connectivity index (χ2n) is 3.79. The number of hydrogen-bond donors (Lipinski definition) is 1. The first-order chi connectivity index (χ1) is 8.63. The molecule has 0 unspecified atom stereocenters. The summed E-state index contributed by atoms with van der Waals surface area (Å²) in [7, 11) is 2.97. The maximum absolute atomic E-state index is 11.9. The summed E-state index contributed by atoms with van der Waals surface area (Å²) in [6, 6.07) is 2.92. The molecule has 0 aliphatic rings. The van der Waals surface area contributed by atoms with Crippen molar-refractivity contribution in [1.82, 2.24) is 0 Å². The molecule has 100 valence electrons. The van der Waals surface area contributed by atoms with Crippen LogP contribution in [0.2, 0.25) is 0 Å². The zero-order valence-electron chi connectivity index (χ0n) is 10.5. The van der Waals surface area contributed by atoms with Crippen molar-refractivity contribution < 1.29 is 19.4 Å². The maximum atomic E-state index is 11.9. The van der Waals surface area contributed by atoms with Crippen LogP contribution in [0.5, 0.6) is 17.2 Å². The fraction of sp³-hybridized carbons (Fsp3) is 0.462. The van der Waals surface area contributed by atoms with Crippen LogP contribution in [0, 0.1) is 0 Å². The number of ketones is 1. The van der Waals surface area contributed by atoms with Crippen molar-refractivity contribution >= 4 is 21.7 Å². The van der Waals surface area contributed by atoms with Crippen molar-refractivity contribution in [3.05, 3.63) is 17.7 Å². The lowest BCUT2D eigenvalue weighted by atomic mass is 10.0. The summed E-state index contributed by atoms with van der Waals surface area (Å²) in [6.07, 6.45) is 2.13. The van der Waals surface area contributed by atoms with Crippen LogP contribution in [0.3, 0.4) is 0 Å². The maximum Gasteiger partial charge on any atom is 0.166 e. The number of alkyl halides is 1. The monoisotopic (exact) mass is 316 g/mol. The molecule has 0 aliphatic heterocycles. The Morgan fingerprint density at radius 1 is 1.22 bits per heavy atom. The fourth-order valence-electron chi connectivity index (χ4n) is 1.61. The number of carbonyl (C=O) groups excluding carboxylic acids is 1. The van der Waals surface area contributed by atoms with E-state index in [-0.39, 0.29) is 17.1 Å². The zero-order chi connectivity index (χ0) is 13.5. The van der Waals surface area contributed by atoms with Gasteiger partial charge in [0.15, 0.2) is 17.3 Å². The molecule has 0 fully saturated rings. The van der Waals surface area contributed by atoms with Gasteiger partial charge in [-0.1, -0.05) is 15.9 Å². The minimum atomic E-state index is -0.0885. The van der Waals surface area contributed by atoms with Gasteiger partial charge in [0, 0.05) is 17.8 Å². The Kier molecular flexibility index (Phi) is 5.98. The lowest BCUT2D eigenvalue weighted by Gasteiger charge is -2.11. The van der Waals surface area contributed by atoms with Crippen molar-refractivity contribution in [2.45, 2.75) is 19.3 Å². The number of benzene rings is 1. The number of phenolic OH excluding ortho intramolecular Hbond substituents is 1. The molecule has 0 radical (unpaired) electrons. The number of phenols is 1. The third-order valence-electron chi connectivity index (χ3n) is 2.59. The molecule has 4 nitrogen and oxygen atoms in total. The Morgan fingerprint density at radius 2 is 1.83 bits per heavy atom. The van der Waals surface area contributed by atoms with E-state index in [1.165, 1.54) is 26.4 Å². The highest BCUT2D eigenvalue weighted by molar-refractivity contribution is 9.09. The Labute approximate surface area is 115 Å². The van der Waals surface area contributed by atoms with Crippen LogP contribution in [-0.4, -0.2) is 30.4 Å². The standard InChI is InChI=1S/C13H17BrO4/c1-17-12-7-9(10(15)5-3-4-6-14)11(16)8-13(12)18-2/h7-8,16H,3-6H2,1-2H3. The van der Waals surface area contributed by atoms with E-state index in [1.54, 1.807) is 0 Å². The van der Waals surface area contributed by atoms with E-state index in [0.29, 0.717) is 17.9 Å². The number of methoxy groups -OCH3 is 2. The van der Waals surface area contributed by atoms with Crippen LogP contribution in [0.4, 0.5) is 0 Å². The van der Waals surface area contributed by atoms with Crippen LogP contribution in [0.1, 0.15) is 29.6 Å². The highest BCUT2D eigenvalue weighted by Crippen LogP contribution is 2.34. The highest BCUT2D eigenvalue weighted by atomic mass is 79.9. The van der Waals surface area contributed by atoms with Crippen molar-refractivity contribution in [2.75, 3.05) is 19.5 Å². The molecule has 1 aromatic rings. The molecule has 0 aliphatic carbocycles. The largest absolute Gasteiger partial charge is 0.507 e. The lowest BCUT2D eigenvalue weighted by molar-refractivity contribution is 0.0977. The van der Waals surface area contributed by atoms with Crippen molar-refractivity contribution in [3.8, 4) is 17.2 Å². The Hall–Kier alpha value is -1.23. The smallest absolute Gasteiger partial charge is 0.166 e. The minimum absolute atomic E-state index is 0.0727. The van der Waals surface area contributed by atoms with Crippen LogP contribution < -0.4 is 9.47 Å². The van der Waals surface area contributed by atoms with E-state index in [2.05, 4.69) is 15.9 Å². The molecule has 0 saturated carbocycles. The average Bonchev–Trinajstić information content (AvgIpc) is 2.38. The molecule has 0 saturated heterocycles. The summed E-state index contributed by atoms with van der Waals surface area (Å²) in [5, 5.41) is 10.7. The molecule has 0 spiro atoms. The summed E-state index contributed by atoms with van der Waals surface area (Å²) in [5.41, 5.74) is 0.280. The normalized spacial score (nSPS) is 10.2. The van der Waals surface area contributed by atoms with Gasteiger partial charge in [-0.2, -0.15) is 0 Å². The lowest BCUT2D eigenvalue weighted by Crippen LogP contribution is -2.01. The zero-order valence-corrected chi connectivity index (χ0v) is 12.1. The van der Waals surface area contributed by atoms with Gasteiger partial charge in [-0.05, 0) is 18.9 Å². The van der Waals surface area contributed by atoms with E-state index >= 15 is 0 Å². The topological polar surface area (TPSA) is 55.8 Å². The van der Waals surface area contributed by atoms with E-state index in [1.807, 2.05) is 0 Å². The van der Waals surface area contributed by atoms with Gasteiger partial charge in [-0.25, -0.2) is 0 Å². The first-order valence-electron chi connectivity index (χ1n) is 5.68.